The largest absolute Gasteiger partial charge is 0.416 e. The summed E-state index contributed by atoms with van der Waals surface area (Å²) in [5, 5.41) is 3.15. The molecule has 0 radical (unpaired) electrons. The highest BCUT2D eigenvalue weighted by Gasteiger charge is 2.35. The van der Waals surface area contributed by atoms with Crippen LogP contribution in [0, 0.1) is 11.8 Å². The number of amides is 1. The number of ether oxygens (including phenoxy) is 1. The molecule has 4 nitrogen and oxygen atoms in total. The number of hydrogen-bond acceptors (Lipinski definition) is 3. The van der Waals surface area contributed by atoms with Gasteiger partial charge < -0.3 is 15.0 Å². The molecule has 2 aliphatic heterocycles. The second-order valence-electron chi connectivity index (χ2n) is 6.47. The zero-order valence-electron chi connectivity index (χ0n) is 13.9. The van der Waals surface area contributed by atoms with Gasteiger partial charge in [0.15, 0.2) is 0 Å². The smallest absolute Gasteiger partial charge is 0.370 e. The molecule has 0 aliphatic carbocycles. The number of benzene rings is 1. The van der Waals surface area contributed by atoms with Gasteiger partial charge >= 0.3 is 6.18 Å². The van der Waals surface area contributed by atoms with Crippen molar-refractivity contribution in [2.75, 3.05) is 32.8 Å². The monoisotopic (exact) mass is 378 g/mol. The van der Waals surface area contributed by atoms with Crippen LogP contribution in [0.15, 0.2) is 24.3 Å². The number of halogens is 4. The van der Waals surface area contributed by atoms with Crippen molar-refractivity contribution in [3.05, 3.63) is 35.4 Å². The molecule has 1 N–H and O–H groups in total. The second-order valence-corrected chi connectivity index (χ2v) is 6.47. The average molecular weight is 379 g/mol. The minimum atomic E-state index is -4.38. The van der Waals surface area contributed by atoms with Crippen molar-refractivity contribution < 1.29 is 22.7 Å². The van der Waals surface area contributed by atoms with Gasteiger partial charge in [-0.2, -0.15) is 13.2 Å². The predicted molar refractivity (Wildman–Crippen MR) is 89.5 cm³/mol. The van der Waals surface area contributed by atoms with E-state index in [4.69, 9.17) is 4.74 Å². The van der Waals surface area contributed by atoms with Crippen LogP contribution in [-0.4, -0.2) is 43.6 Å². The molecular weight excluding hydrogens is 357 g/mol. The number of carbonyl (C=O) groups excluding carboxylic acids is 1. The van der Waals surface area contributed by atoms with Gasteiger partial charge in [-0.15, -0.1) is 12.4 Å². The normalized spacial score (nSPS) is 22.7. The maximum atomic E-state index is 12.9. The number of rotatable bonds is 3. The standard InChI is InChI=1S/C17H21F3N2O2.ClH/c1-11(13-8-21-9-13)16(23)22-5-6-24-15(10-22)12-3-2-4-14(7-12)17(18,19)20;/h2-4,7,11,13,15,21H,5-6,8-10H2,1H3;1H. The molecule has 2 unspecified atom stereocenters. The first-order valence-corrected chi connectivity index (χ1v) is 8.14. The molecule has 2 atom stereocenters. The molecule has 2 fully saturated rings. The molecular formula is C17H22ClF3N2O2. The minimum absolute atomic E-state index is 0. The van der Waals surface area contributed by atoms with Gasteiger partial charge in [0.05, 0.1) is 18.7 Å². The lowest BCUT2D eigenvalue weighted by molar-refractivity contribution is -0.145. The maximum absolute atomic E-state index is 12.9. The van der Waals surface area contributed by atoms with E-state index >= 15 is 0 Å². The molecule has 0 aromatic heterocycles. The lowest BCUT2D eigenvalue weighted by Gasteiger charge is -2.38. The summed E-state index contributed by atoms with van der Waals surface area (Å²) in [6, 6.07) is 5.15. The number of nitrogens with one attached hydrogen (secondary N) is 1. The summed E-state index contributed by atoms with van der Waals surface area (Å²) < 4.78 is 44.2. The van der Waals surface area contributed by atoms with Gasteiger partial charge in [-0.1, -0.05) is 19.1 Å². The van der Waals surface area contributed by atoms with Gasteiger partial charge in [0.2, 0.25) is 5.91 Å². The topological polar surface area (TPSA) is 41.6 Å². The molecule has 3 rings (SSSR count). The summed E-state index contributed by atoms with van der Waals surface area (Å²) in [7, 11) is 0. The molecule has 1 aromatic carbocycles. The predicted octanol–water partition coefficient (Wildman–Crippen LogP) is 2.88. The summed E-state index contributed by atoms with van der Waals surface area (Å²) in [5.74, 6) is 0.320. The minimum Gasteiger partial charge on any atom is -0.370 e. The molecule has 2 saturated heterocycles. The van der Waals surface area contributed by atoms with E-state index in [9.17, 15) is 18.0 Å². The zero-order chi connectivity index (χ0) is 17.3. The summed E-state index contributed by atoms with van der Waals surface area (Å²) in [5.41, 5.74) is -0.235. The van der Waals surface area contributed by atoms with Gasteiger partial charge in [0, 0.05) is 12.5 Å². The molecule has 0 bridgehead atoms. The maximum Gasteiger partial charge on any atom is 0.416 e. The summed E-state index contributed by atoms with van der Waals surface area (Å²) in [6.45, 7) is 4.72. The van der Waals surface area contributed by atoms with Crippen molar-refractivity contribution >= 4 is 18.3 Å². The van der Waals surface area contributed by atoms with E-state index in [-0.39, 0.29) is 24.2 Å². The average Bonchev–Trinajstić information content (AvgIpc) is 2.52. The van der Waals surface area contributed by atoms with Gasteiger partial charge in [-0.05, 0) is 36.7 Å². The van der Waals surface area contributed by atoms with E-state index in [1.165, 1.54) is 6.07 Å². The van der Waals surface area contributed by atoms with Crippen LogP contribution in [0.1, 0.15) is 24.2 Å². The lowest BCUT2D eigenvalue weighted by Crippen LogP contribution is -2.52. The Morgan fingerprint density at radius 2 is 2.08 bits per heavy atom. The fourth-order valence-corrected chi connectivity index (χ4v) is 3.12. The van der Waals surface area contributed by atoms with Crippen LogP contribution in [0.2, 0.25) is 0 Å². The van der Waals surface area contributed by atoms with Crippen LogP contribution < -0.4 is 5.32 Å². The van der Waals surface area contributed by atoms with Crippen LogP contribution in [-0.2, 0) is 15.7 Å². The van der Waals surface area contributed by atoms with Crippen LogP contribution in [0.3, 0.4) is 0 Å². The fraction of sp³-hybridized carbons (Fsp3) is 0.588. The van der Waals surface area contributed by atoms with Crippen molar-refractivity contribution in [3.63, 3.8) is 0 Å². The number of alkyl halides is 3. The van der Waals surface area contributed by atoms with Crippen molar-refractivity contribution in [2.24, 2.45) is 11.8 Å². The summed E-state index contributed by atoms with van der Waals surface area (Å²) in [6.07, 6.45) is -4.90. The first-order valence-electron chi connectivity index (χ1n) is 8.14. The molecule has 0 saturated carbocycles. The van der Waals surface area contributed by atoms with E-state index < -0.39 is 17.8 Å². The molecule has 140 valence electrons. The lowest BCUT2D eigenvalue weighted by atomic mass is 9.87. The Balaban J connectivity index is 0.00000225. The van der Waals surface area contributed by atoms with E-state index in [0.717, 1.165) is 25.2 Å². The van der Waals surface area contributed by atoms with Crippen LogP contribution >= 0.6 is 12.4 Å². The molecule has 1 aromatic rings. The van der Waals surface area contributed by atoms with E-state index in [0.29, 0.717) is 31.2 Å². The molecule has 0 spiro atoms. The number of hydrogen-bond donors (Lipinski definition) is 1. The van der Waals surface area contributed by atoms with Gasteiger partial charge in [-0.25, -0.2) is 0 Å². The van der Waals surface area contributed by atoms with Gasteiger partial charge in [0.1, 0.15) is 6.10 Å². The van der Waals surface area contributed by atoms with Gasteiger partial charge in [0.25, 0.3) is 0 Å². The van der Waals surface area contributed by atoms with E-state index in [2.05, 4.69) is 5.32 Å². The van der Waals surface area contributed by atoms with Crippen LogP contribution in [0.4, 0.5) is 13.2 Å². The Morgan fingerprint density at radius 3 is 2.68 bits per heavy atom. The molecule has 8 heteroatoms. The number of carbonyl (C=O) groups is 1. The van der Waals surface area contributed by atoms with Crippen molar-refractivity contribution in [2.45, 2.75) is 19.2 Å². The van der Waals surface area contributed by atoms with Crippen molar-refractivity contribution in [1.82, 2.24) is 10.2 Å². The third-order valence-electron chi connectivity index (χ3n) is 4.87. The Hall–Kier alpha value is -1.31. The van der Waals surface area contributed by atoms with Crippen LogP contribution in [0.25, 0.3) is 0 Å². The zero-order valence-corrected chi connectivity index (χ0v) is 14.7. The highest BCUT2D eigenvalue weighted by Crippen LogP contribution is 2.32. The fourth-order valence-electron chi connectivity index (χ4n) is 3.12. The highest BCUT2D eigenvalue weighted by molar-refractivity contribution is 5.85. The van der Waals surface area contributed by atoms with E-state index in [1.54, 1.807) is 11.0 Å². The Bertz CT molecular complexity index is 608. The van der Waals surface area contributed by atoms with Gasteiger partial charge in [-0.3, -0.25) is 4.79 Å². The molecule has 1 amide bonds. The van der Waals surface area contributed by atoms with Crippen molar-refractivity contribution in [1.29, 1.82) is 0 Å². The SMILES string of the molecule is CC(C(=O)N1CCOC(c2cccc(C(F)(F)F)c2)C1)C1CNC1.Cl. The molecule has 2 aliphatic rings. The molecule has 25 heavy (non-hydrogen) atoms. The number of nitrogens with zero attached hydrogens (tertiary/aromatic N) is 1. The highest BCUT2D eigenvalue weighted by atomic mass is 35.5. The first-order chi connectivity index (χ1) is 11.4. The molecule has 2 heterocycles. The summed E-state index contributed by atoms with van der Waals surface area (Å²) >= 11 is 0. The quantitative estimate of drug-likeness (QED) is 0.879. The van der Waals surface area contributed by atoms with E-state index in [1.807, 2.05) is 6.92 Å². The van der Waals surface area contributed by atoms with Crippen molar-refractivity contribution in [3.8, 4) is 0 Å². The summed E-state index contributed by atoms with van der Waals surface area (Å²) in [4.78, 5) is 14.3. The van der Waals surface area contributed by atoms with Crippen LogP contribution in [0.5, 0.6) is 0 Å². The number of morpholine rings is 1. The Labute approximate surface area is 151 Å². The first kappa shape index (κ1) is 20.0. The Kier molecular flexibility index (Phi) is 6.35. The Morgan fingerprint density at radius 1 is 1.36 bits per heavy atom. The third kappa shape index (κ3) is 4.46. The second kappa shape index (κ2) is 7.93. The third-order valence-corrected chi connectivity index (χ3v) is 4.87.